The first-order valence-corrected chi connectivity index (χ1v) is 6.29. The van der Waals surface area contributed by atoms with Crippen LogP contribution in [0.3, 0.4) is 0 Å². The van der Waals surface area contributed by atoms with Gasteiger partial charge in [0, 0.05) is 12.1 Å². The van der Waals surface area contributed by atoms with Gasteiger partial charge < -0.3 is 11.1 Å². The van der Waals surface area contributed by atoms with Gasteiger partial charge in [-0.2, -0.15) is 0 Å². The van der Waals surface area contributed by atoms with Gasteiger partial charge in [-0.15, -0.1) is 5.10 Å². The van der Waals surface area contributed by atoms with E-state index in [1.807, 2.05) is 0 Å². The number of hydrogen-bond donors (Lipinski definition) is 2. The molecule has 2 rings (SSSR count). The lowest BCUT2D eigenvalue weighted by molar-refractivity contribution is 0.0929. The van der Waals surface area contributed by atoms with Gasteiger partial charge in [0.25, 0.3) is 5.91 Å². The molecule has 88 valence electrons. The highest BCUT2D eigenvalue weighted by molar-refractivity contribution is 7.07. The van der Waals surface area contributed by atoms with Crippen LogP contribution >= 0.6 is 11.5 Å². The predicted octanol–water partition coefficient (Wildman–Crippen LogP) is 0.846. The Morgan fingerprint density at radius 2 is 2.12 bits per heavy atom. The van der Waals surface area contributed by atoms with Crippen LogP contribution in [0, 0.1) is 6.92 Å². The number of hydrogen-bond acceptors (Lipinski definition) is 5. The number of aryl methyl sites for hydroxylation is 1. The molecule has 1 heterocycles. The number of amides is 1. The van der Waals surface area contributed by atoms with Crippen LogP contribution in [-0.2, 0) is 0 Å². The topological polar surface area (TPSA) is 80.9 Å². The smallest absolute Gasteiger partial charge is 0.265 e. The highest BCUT2D eigenvalue weighted by atomic mass is 32.1. The highest BCUT2D eigenvalue weighted by Gasteiger charge is 2.22. The lowest BCUT2D eigenvalue weighted by Gasteiger charge is -2.26. The standard InChI is InChI=1S/C10H16N4OS/c1-6-9(16-14-13-6)10(15)12-8-4-2-7(11)3-5-8/h7-8H,2-5,11H2,1H3,(H,12,15). The summed E-state index contributed by atoms with van der Waals surface area (Å²) in [5.41, 5.74) is 6.52. The van der Waals surface area contributed by atoms with Crippen LogP contribution in [0.15, 0.2) is 0 Å². The van der Waals surface area contributed by atoms with Crippen molar-refractivity contribution in [2.45, 2.75) is 44.7 Å². The lowest BCUT2D eigenvalue weighted by Crippen LogP contribution is -2.40. The normalized spacial score (nSPS) is 25.4. The molecule has 0 aliphatic heterocycles. The Hall–Kier alpha value is -1.01. The molecular weight excluding hydrogens is 224 g/mol. The molecule has 1 fully saturated rings. The fourth-order valence-electron chi connectivity index (χ4n) is 1.95. The van der Waals surface area contributed by atoms with Gasteiger partial charge in [-0.25, -0.2) is 0 Å². The van der Waals surface area contributed by atoms with Crippen LogP contribution in [-0.4, -0.2) is 27.6 Å². The van der Waals surface area contributed by atoms with Crippen molar-refractivity contribution in [3.63, 3.8) is 0 Å². The molecule has 1 saturated carbocycles. The Balaban J connectivity index is 1.91. The van der Waals surface area contributed by atoms with Crippen LogP contribution in [0.1, 0.15) is 41.0 Å². The number of carbonyl (C=O) groups excluding carboxylic acids is 1. The number of rotatable bonds is 2. The quantitative estimate of drug-likeness (QED) is 0.803. The van der Waals surface area contributed by atoms with Crippen molar-refractivity contribution in [2.75, 3.05) is 0 Å². The molecule has 1 aliphatic rings. The van der Waals surface area contributed by atoms with Gasteiger partial charge in [-0.3, -0.25) is 4.79 Å². The third-order valence-corrected chi connectivity index (χ3v) is 3.79. The average molecular weight is 240 g/mol. The van der Waals surface area contributed by atoms with E-state index in [-0.39, 0.29) is 11.9 Å². The Morgan fingerprint density at radius 1 is 1.44 bits per heavy atom. The molecule has 1 aromatic rings. The van der Waals surface area contributed by atoms with E-state index < -0.39 is 0 Å². The van der Waals surface area contributed by atoms with Crippen molar-refractivity contribution in [3.8, 4) is 0 Å². The largest absolute Gasteiger partial charge is 0.349 e. The number of aromatic nitrogens is 2. The minimum absolute atomic E-state index is 0.0482. The van der Waals surface area contributed by atoms with E-state index in [0.717, 1.165) is 37.2 Å². The first kappa shape index (κ1) is 11.5. The zero-order chi connectivity index (χ0) is 11.5. The summed E-state index contributed by atoms with van der Waals surface area (Å²) in [5, 5.41) is 6.85. The molecule has 1 aromatic heterocycles. The molecule has 6 heteroatoms. The maximum Gasteiger partial charge on any atom is 0.265 e. The van der Waals surface area contributed by atoms with E-state index in [0.29, 0.717) is 16.6 Å². The van der Waals surface area contributed by atoms with E-state index in [2.05, 4.69) is 14.9 Å². The van der Waals surface area contributed by atoms with E-state index >= 15 is 0 Å². The summed E-state index contributed by atoms with van der Waals surface area (Å²) in [7, 11) is 0. The summed E-state index contributed by atoms with van der Waals surface area (Å²) in [4.78, 5) is 12.5. The number of carbonyl (C=O) groups is 1. The van der Waals surface area contributed by atoms with Crippen LogP contribution in [0.2, 0.25) is 0 Å². The molecule has 0 atom stereocenters. The number of nitrogens with two attached hydrogens (primary N) is 1. The second-order valence-electron chi connectivity index (χ2n) is 4.27. The van der Waals surface area contributed by atoms with Crippen LogP contribution in [0.25, 0.3) is 0 Å². The summed E-state index contributed by atoms with van der Waals surface area (Å²) in [6, 6.07) is 0.564. The second kappa shape index (κ2) is 4.88. The van der Waals surface area contributed by atoms with E-state index in [1.165, 1.54) is 0 Å². The van der Waals surface area contributed by atoms with Gasteiger partial charge in [0.1, 0.15) is 4.88 Å². The summed E-state index contributed by atoms with van der Waals surface area (Å²) in [6.07, 6.45) is 3.92. The van der Waals surface area contributed by atoms with Gasteiger partial charge in [0.2, 0.25) is 0 Å². The van der Waals surface area contributed by atoms with Crippen LogP contribution < -0.4 is 11.1 Å². The van der Waals surface area contributed by atoms with Crippen LogP contribution in [0.4, 0.5) is 0 Å². The van der Waals surface area contributed by atoms with Crippen molar-refractivity contribution >= 4 is 17.4 Å². The van der Waals surface area contributed by atoms with Crippen molar-refractivity contribution in [1.82, 2.24) is 14.9 Å². The van der Waals surface area contributed by atoms with Crippen molar-refractivity contribution in [2.24, 2.45) is 5.73 Å². The molecule has 0 saturated heterocycles. The van der Waals surface area contributed by atoms with Gasteiger partial charge in [-0.05, 0) is 44.1 Å². The Bertz CT molecular complexity index is 371. The van der Waals surface area contributed by atoms with Gasteiger partial charge in [-0.1, -0.05) is 4.49 Å². The first-order valence-electron chi connectivity index (χ1n) is 5.52. The molecule has 0 bridgehead atoms. The fraction of sp³-hybridized carbons (Fsp3) is 0.700. The molecule has 0 spiro atoms. The van der Waals surface area contributed by atoms with E-state index in [9.17, 15) is 4.79 Å². The fourth-order valence-corrected chi connectivity index (χ4v) is 2.51. The van der Waals surface area contributed by atoms with E-state index in [4.69, 9.17) is 5.73 Å². The molecule has 0 unspecified atom stereocenters. The highest BCUT2D eigenvalue weighted by Crippen LogP contribution is 2.18. The SMILES string of the molecule is Cc1nnsc1C(=O)NC1CCC(N)CC1. The van der Waals surface area contributed by atoms with Gasteiger partial charge in [0.15, 0.2) is 0 Å². The molecular formula is C10H16N4OS. The van der Waals surface area contributed by atoms with E-state index in [1.54, 1.807) is 6.92 Å². The molecule has 0 aromatic carbocycles. The predicted molar refractivity (Wildman–Crippen MR) is 62.3 cm³/mol. The summed E-state index contributed by atoms with van der Waals surface area (Å²) in [5.74, 6) is -0.0482. The van der Waals surface area contributed by atoms with Crippen molar-refractivity contribution in [3.05, 3.63) is 10.6 Å². The summed E-state index contributed by atoms with van der Waals surface area (Å²) >= 11 is 1.15. The van der Waals surface area contributed by atoms with Crippen molar-refractivity contribution < 1.29 is 4.79 Å². The Morgan fingerprint density at radius 3 is 2.69 bits per heavy atom. The maximum atomic E-state index is 11.9. The summed E-state index contributed by atoms with van der Waals surface area (Å²) in [6.45, 7) is 1.80. The molecule has 16 heavy (non-hydrogen) atoms. The zero-order valence-corrected chi connectivity index (χ0v) is 10.1. The lowest BCUT2D eigenvalue weighted by atomic mass is 9.92. The molecule has 0 radical (unpaired) electrons. The zero-order valence-electron chi connectivity index (χ0n) is 9.27. The molecule has 1 amide bonds. The number of nitrogens with one attached hydrogen (secondary N) is 1. The van der Waals surface area contributed by atoms with Crippen LogP contribution in [0.5, 0.6) is 0 Å². The average Bonchev–Trinajstić information content (AvgIpc) is 2.68. The monoisotopic (exact) mass is 240 g/mol. The van der Waals surface area contributed by atoms with Gasteiger partial charge in [0.05, 0.1) is 5.69 Å². The minimum atomic E-state index is -0.0482. The minimum Gasteiger partial charge on any atom is -0.349 e. The first-order chi connectivity index (χ1) is 7.66. The molecule has 3 N–H and O–H groups in total. The maximum absolute atomic E-state index is 11.9. The molecule has 5 nitrogen and oxygen atoms in total. The third kappa shape index (κ3) is 2.56. The number of nitrogens with zero attached hydrogens (tertiary/aromatic N) is 2. The van der Waals surface area contributed by atoms with Gasteiger partial charge >= 0.3 is 0 Å². The summed E-state index contributed by atoms with van der Waals surface area (Å²) < 4.78 is 3.76. The van der Waals surface area contributed by atoms with Crippen molar-refractivity contribution in [1.29, 1.82) is 0 Å². The third-order valence-electron chi connectivity index (χ3n) is 2.96. The molecule has 1 aliphatic carbocycles. The Labute approximate surface area is 98.6 Å². The second-order valence-corrected chi connectivity index (χ2v) is 5.03. The Kier molecular flexibility index (Phi) is 3.50.